The Bertz CT molecular complexity index is 1090. The highest BCUT2D eigenvalue weighted by atomic mass is 28.4. The number of carbonyl (C=O) groups is 1. The molecule has 0 aromatic heterocycles. The summed E-state index contributed by atoms with van der Waals surface area (Å²) in [6.45, 7) is 6.68. The van der Waals surface area contributed by atoms with Gasteiger partial charge in [-0.1, -0.05) is 81.4 Å². The Morgan fingerprint density at radius 2 is 1.47 bits per heavy atom. The molecule has 8 nitrogen and oxygen atoms in total. The van der Waals surface area contributed by atoms with Crippen molar-refractivity contribution in [2.45, 2.75) is 25.8 Å². The molecule has 3 rings (SSSR count). The predicted molar refractivity (Wildman–Crippen MR) is 131 cm³/mol. The topological polar surface area (TPSA) is 108 Å². The predicted octanol–water partition coefficient (Wildman–Crippen LogP) is 4.61. The molecule has 0 unspecified atom stereocenters. The summed E-state index contributed by atoms with van der Waals surface area (Å²) in [5.74, 6) is -0.161. The van der Waals surface area contributed by atoms with Gasteiger partial charge in [0.05, 0.1) is 17.6 Å². The van der Waals surface area contributed by atoms with Crippen molar-refractivity contribution in [1.82, 2.24) is 0 Å². The number of hydrogen-bond donors (Lipinski definition) is 1. The molecule has 0 saturated heterocycles. The van der Waals surface area contributed by atoms with Crippen molar-refractivity contribution < 1.29 is 28.7 Å². The Morgan fingerprint density at radius 1 is 0.912 bits per heavy atom. The fraction of sp³-hybridized carbons (Fsp3) is 0.240. The van der Waals surface area contributed by atoms with Gasteiger partial charge in [0.25, 0.3) is 14.0 Å². The van der Waals surface area contributed by atoms with E-state index < -0.39 is 19.4 Å². The first-order chi connectivity index (χ1) is 16.1. The lowest BCUT2D eigenvalue weighted by Gasteiger charge is -2.43. The molecule has 9 heteroatoms. The van der Waals surface area contributed by atoms with Crippen LogP contribution < -0.4 is 19.8 Å². The SMILES string of the molecule is CC(C)(C)[Si](OCCOc1cc([N+](=O)[O-])ccc1OC(=O)O)(c1ccccc1)c1ccccc1. The number of hydrogen-bond acceptors (Lipinski definition) is 6. The van der Waals surface area contributed by atoms with Crippen LogP contribution in [0.2, 0.25) is 5.04 Å². The van der Waals surface area contributed by atoms with E-state index in [9.17, 15) is 14.9 Å². The first-order valence-electron chi connectivity index (χ1n) is 10.7. The number of carboxylic acid groups (broad SMARTS) is 1. The van der Waals surface area contributed by atoms with Crippen LogP contribution in [-0.2, 0) is 4.43 Å². The molecule has 1 N–H and O–H groups in total. The maximum absolute atomic E-state index is 11.1. The lowest BCUT2D eigenvalue weighted by atomic mass is 10.2. The Hall–Kier alpha value is -3.69. The average molecular weight is 482 g/mol. The van der Waals surface area contributed by atoms with Crippen LogP contribution in [0.1, 0.15) is 20.8 Å². The first kappa shape index (κ1) is 24.9. The van der Waals surface area contributed by atoms with E-state index in [0.29, 0.717) is 0 Å². The molecule has 178 valence electrons. The van der Waals surface area contributed by atoms with Crippen LogP contribution in [0.3, 0.4) is 0 Å². The fourth-order valence-corrected chi connectivity index (χ4v) is 8.55. The average Bonchev–Trinajstić information content (AvgIpc) is 2.80. The van der Waals surface area contributed by atoms with Crippen molar-refractivity contribution >= 4 is 30.5 Å². The minimum Gasteiger partial charge on any atom is -0.487 e. The van der Waals surface area contributed by atoms with E-state index in [1.807, 2.05) is 36.4 Å². The highest BCUT2D eigenvalue weighted by Gasteiger charge is 2.50. The van der Waals surface area contributed by atoms with Gasteiger partial charge in [0.1, 0.15) is 6.61 Å². The lowest BCUT2D eigenvalue weighted by Crippen LogP contribution is -2.66. The molecule has 0 radical (unpaired) electrons. The minimum atomic E-state index is -2.77. The van der Waals surface area contributed by atoms with Crippen molar-refractivity contribution in [3.05, 3.63) is 89.0 Å². The quantitative estimate of drug-likeness (QED) is 0.119. The zero-order valence-electron chi connectivity index (χ0n) is 19.3. The van der Waals surface area contributed by atoms with E-state index in [0.717, 1.165) is 22.5 Å². The molecule has 0 fully saturated rings. The summed E-state index contributed by atoms with van der Waals surface area (Å²) >= 11 is 0. The third-order valence-electron chi connectivity index (χ3n) is 5.41. The summed E-state index contributed by atoms with van der Waals surface area (Å²) in [7, 11) is -2.77. The molecule has 34 heavy (non-hydrogen) atoms. The molecular formula is C25H27NO7Si. The Balaban J connectivity index is 1.89. The van der Waals surface area contributed by atoms with Gasteiger partial charge in [-0.25, -0.2) is 4.79 Å². The Morgan fingerprint density at radius 3 is 1.94 bits per heavy atom. The standard InChI is InChI=1S/C25H27NO7Si/c1-25(2,3)34(20-10-6-4-7-11-20,21-12-8-5-9-13-21)32-17-16-31-23-18-19(26(29)30)14-15-22(23)33-24(27)28/h4-15,18H,16-17H2,1-3H3,(H,27,28). The summed E-state index contributed by atoms with van der Waals surface area (Å²) in [5.41, 5.74) is -0.236. The monoisotopic (exact) mass is 481 g/mol. The summed E-state index contributed by atoms with van der Waals surface area (Å²) in [6.07, 6.45) is -1.54. The Labute approximate surface area is 199 Å². The summed E-state index contributed by atoms with van der Waals surface area (Å²) in [5, 5.41) is 22.1. The second kappa shape index (κ2) is 10.5. The molecule has 0 bridgehead atoms. The zero-order valence-corrected chi connectivity index (χ0v) is 20.3. The van der Waals surface area contributed by atoms with Crippen LogP contribution in [0.25, 0.3) is 0 Å². The molecular weight excluding hydrogens is 454 g/mol. The molecule has 0 amide bonds. The van der Waals surface area contributed by atoms with Crippen molar-refractivity contribution in [3.63, 3.8) is 0 Å². The van der Waals surface area contributed by atoms with E-state index in [1.165, 1.54) is 6.07 Å². The molecule has 0 heterocycles. The highest BCUT2D eigenvalue weighted by Crippen LogP contribution is 2.37. The molecule has 0 spiro atoms. The normalized spacial score (nSPS) is 11.6. The van der Waals surface area contributed by atoms with E-state index >= 15 is 0 Å². The molecule has 0 atom stereocenters. The smallest absolute Gasteiger partial charge is 0.487 e. The number of nitro groups is 1. The number of rotatable bonds is 9. The molecule has 0 saturated carbocycles. The highest BCUT2D eigenvalue weighted by molar-refractivity contribution is 6.99. The van der Waals surface area contributed by atoms with Crippen LogP contribution in [0, 0.1) is 10.1 Å². The first-order valence-corrected chi connectivity index (χ1v) is 12.6. The molecule has 0 aliphatic rings. The van der Waals surface area contributed by atoms with Gasteiger partial charge in [-0.3, -0.25) is 10.1 Å². The molecule has 0 aliphatic carbocycles. The van der Waals surface area contributed by atoms with Crippen LogP contribution in [0.15, 0.2) is 78.9 Å². The third-order valence-corrected chi connectivity index (χ3v) is 10.5. The molecule has 0 aliphatic heterocycles. The number of nitrogens with zero attached hydrogens (tertiary/aromatic N) is 1. The summed E-state index contributed by atoms with van der Waals surface area (Å²) < 4.78 is 17.1. The number of non-ortho nitro benzene ring substituents is 1. The van der Waals surface area contributed by atoms with Crippen molar-refractivity contribution in [2.24, 2.45) is 0 Å². The van der Waals surface area contributed by atoms with Gasteiger partial charge in [0.2, 0.25) is 0 Å². The number of ether oxygens (including phenoxy) is 2. The second-order valence-electron chi connectivity index (χ2n) is 8.62. The largest absolute Gasteiger partial charge is 0.511 e. The van der Waals surface area contributed by atoms with Gasteiger partial charge in [0.15, 0.2) is 11.5 Å². The van der Waals surface area contributed by atoms with Crippen molar-refractivity contribution in [1.29, 1.82) is 0 Å². The van der Waals surface area contributed by atoms with E-state index in [1.54, 1.807) is 0 Å². The van der Waals surface area contributed by atoms with Crippen LogP contribution in [-0.4, -0.2) is 37.7 Å². The maximum Gasteiger partial charge on any atom is 0.511 e. The van der Waals surface area contributed by atoms with Crippen LogP contribution >= 0.6 is 0 Å². The van der Waals surface area contributed by atoms with Gasteiger partial charge in [-0.15, -0.1) is 0 Å². The number of nitro benzene ring substituents is 1. The minimum absolute atomic E-state index is 0.0392. The van der Waals surface area contributed by atoms with E-state index in [2.05, 4.69) is 45.0 Å². The zero-order chi connectivity index (χ0) is 24.8. The summed E-state index contributed by atoms with van der Waals surface area (Å²) in [6, 6.07) is 23.7. The van der Waals surface area contributed by atoms with Gasteiger partial charge in [-0.05, 0) is 21.5 Å². The van der Waals surface area contributed by atoms with Gasteiger partial charge < -0.3 is 19.0 Å². The summed E-state index contributed by atoms with van der Waals surface area (Å²) in [4.78, 5) is 21.6. The maximum atomic E-state index is 11.1. The van der Waals surface area contributed by atoms with Crippen molar-refractivity contribution in [3.8, 4) is 11.5 Å². The molecule has 3 aromatic rings. The van der Waals surface area contributed by atoms with E-state index in [4.69, 9.17) is 19.0 Å². The lowest BCUT2D eigenvalue weighted by molar-refractivity contribution is -0.385. The van der Waals surface area contributed by atoms with E-state index in [-0.39, 0.29) is 35.4 Å². The Kier molecular flexibility index (Phi) is 7.70. The van der Waals surface area contributed by atoms with Crippen LogP contribution in [0.4, 0.5) is 10.5 Å². The number of benzene rings is 3. The fourth-order valence-electron chi connectivity index (χ4n) is 4.01. The van der Waals surface area contributed by atoms with Gasteiger partial charge in [-0.2, -0.15) is 0 Å². The molecule has 3 aromatic carbocycles. The second-order valence-corrected chi connectivity index (χ2v) is 12.9. The van der Waals surface area contributed by atoms with Crippen LogP contribution in [0.5, 0.6) is 11.5 Å². The van der Waals surface area contributed by atoms with Gasteiger partial charge in [0, 0.05) is 6.07 Å². The van der Waals surface area contributed by atoms with Crippen molar-refractivity contribution in [2.75, 3.05) is 13.2 Å². The third kappa shape index (κ3) is 5.44. The van der Waals surface area contributed by atoms with Gasteiger partial charge >= 0.3 is 6.16 Å².